The molecule has 3 aromatic rings. The maximum absolute atomic E-state index is 13.1. The molecule has 0 aliphatic heterocycles. The van der Waals surface area contributed by atoms with E-state index in [1.807, 2.05) is 16.8 Å². The average Bonchev–Trinajstić information content (AvgIpc) is 3.31. The summed E-state index contributed by atoms with van der Waals surface area (Å²) in [5.74, 6) is -1.36. The van der Waals surface area contributed by atoms with Crippen LogP contribution in [-0.4, -0.2) is 40.0 Å². The largest absolute Gasteiger partial charge is 0.451 e. The van der Waals surface area contributed by atoms with E-state index in [2.05, 4.69) is 4.98 Å². The van der Waals surface area contributed by atoms with Crippen molar-refractivity contribution in [3.05, 3.63) is 70.7 Å². The molecule has 0 aliphatic rings. The van der Waals surface area contributed by atoms with Crippen molar-refractivity contribution < 1.29 is 18.7 Å². The molecule has 1 amide bonds. The van der Waals surface area contributed by atoms with Crippen LogP contribution in [-0.2, 0) is 16.1 Å². The van der Waals surface area contributed by atoms with Crippen molar-refractivity contribution in [2.45, 2.75) is 6.54 Å². The van der Waals surface area contributed by atoms with Gasteiger partial charge >= 0.3 is 5.97 Å². The smallest absolute Gasteiger partial charge is 0.357 e. The number of carbonyl (C=O) groups is 2. The molecule has 134 valence electrons. The van der Waals surface area contributed by atoms with Gasteiger partial charge in [-0.25, -0.2) is 14.2 Å². The number of hydrogen-bond acceptors (Lipinski definition) is 5. The van der Waals surface area contributed by atoms with Gasteiger partial charge in [-0.3, -0.25) is 9.36 Å². The van der Waals surface area contributed by atoms with Gasteiger partial charge in [0, 0.05) is 19.3 Å². The quantitative estimate of drug-likeness (QED) is 0.623. The van der Waals surface area contributed by atoms with Gasteiger partial charge in [-0.05, 0) is 46.7 Å². The highest BCUT2D eigenvalue weighted by molar-refractivity contribution is 7.07. The number of aromatic nitrogens is 2. The van der Waals surface area contributed by atoms with Crippen LogP contribution in [0.2, 0.25) is 0 Å². The lowest BCUT2D eigenvalue weighted by molar-refractivity contribution is -0.133. The molecule has 2 aromatic heterocycles. The Morgan fingerprint density at radius 2 is 2.04 bits per heavy atom. The minimum atomic E-state index is -0.677. The van der Waals surface area contributed by atoms with Crippen molar-refractivity contribution in [1.29, 1.82) is 0 Å². The molecule has 0 saturated carbocycles. The molecule has 0 N–H and O–H groups in total. The summed E-state index contributed by atoms with van der Waals surface area (Å²) in [6, 6.07) is 7.55. The average molecular weight is 373 g/mol. The molecule has 0 radical (unpaired) electrons. The Bertz CT molecular complexity index is 891. The van der Waals surface area contributed by atoms with Crippen LogP contribution in [0.5, 0.6) is 0 Å². The van der Waals surface area contributed by atoms with Crippen LogP contribution in [0.3, 0.4) is 0 Å². The van der Waals surface area contributed by atoms with E-state index in [9.17, 15) is 14.0 Å². The van der Waals surface area contributed by atoms with Crippen LogP contribution in [0.15, 0.2) is 53.6 Å². The van der Waals surface area contributed by atoms with Crippen LogP contribution in [0.1, 0.15) is 16.1 Å². The van der Waals surface area contributed by atoms with Crippen molar-refractivity contribution in [3.63, 3.8) is 0 Å². The molecule has 0 spiro atoms. The summed E-state index contributed by atoms with van der Waals surface area (Å²) in [5.41, 5.74) is 1.74. The Hall–Kier alpha value is -3.00. The lowest BCUT2D eigenvalue weighted by atomic mass is 10.3. The summed E-state index contributed by atoms with van der Waals surface area (Å²) in [6.45, 7) is 0.0848. The first-order valence-corrected chi connectivity index (χ1v) is 8.69. The van der Waals surface area contributed by atoms with Gasteiger partial charge in [-0.15, -0.1) is 0 Å². The van der Waals surface area contributed by atoms with Gasteiger partial charge in [0.25, 0.3) is 5.91 Å². The fourth-order valence-corrected chi connectivity index (χ4v) is 2.97. The van der Waals surface area contributed by atoms with Gasteiger partial charge in [0.05, 0.1) is 12.5 Å². The van der Waals surface area contributed by atoms with Crippen molar-refractivity contribution in [2.75, 3.05) is 13.7 Å². The Balaban J connectivity index is 1.61. The van der Waals surface area contributed by atoms with E-state index in [0.29, 0.717) is 12.2 Å². The molecule has 0 saturated heterocycles. The van der Waals surface area contributed by atoms with Crippen LogP contribution >= 0.6 is 11.3 Å². The van der Waals surface area contributed by atoms with Gasteiger partial charge in [-0.2, -0.15) is 11.3 Å². The molecule has 0 unspecified atom stereocenters. The normalized spacial score (nSPS) is 10.5. The standard InChI is InChI=1S/C18H16FN3O3S/c1-21(9-13-6-7-26-11-13)17(23)10-25-18(24)16-8-20-12-22(16)15-4-2-14(19)3-5-15/h2-8,11-12H,9-10H2,1H3. The van der Waals surface area contributed by atoms with Gasteiger partial charge in [0.2, 0.25) is 0 Å². The summed E-state index contributed by atoms with van der Waals surface area (Å²) in [7, 11) is 1.65. The monoisotopic (exact) mass is 373 g/mol. The summed E-state index contributed by atoms with van der Waals surface area (Å²) in [6.07, 6.45) is 2.76. The maximum Gasteiger partial charge on any atom is 0.357 e. The van der Waals surface area contributed by atoms with Crippen molar-refractivity contribution >= 4 is 23.2 Å². The minimum absolute atomic E-state index is 0.157. The number of carbonyl (C=O) groups excluding carboxylic acids is 2. The number of likely N-dealkylation sites (N-methyl/N-ethyl adjacent to an activating group) is 1. The highest BCUT2D eigenvalue weighted by Crippen LogP contribution is 2.13. The van der Waals surface area contributed by atoms with Gasteiger partial charge in [-0.1, -0.05) is 0 Å². The predicted octanol–water partition coefficient (Wildman–Crippen LogP) is 2.89. The zero-order valence-electron chi connectivity index (χ0n) is 14.0. The van der Waals surface area contributed by atoms with E-state index >= 15 is 0 Å². The number of esters is 1. The zero-order valence-corrected chi connectivity index (χ0v) is 14.8. The van der Waals surface area contributed by atoms with Gasteiger partial charge < -0.3 is 9.64 Å². The van der Waals surface area contributed by atoms with E-state index in [1.165, 1.54) is 46.3 Å². The second-order valence-corrected chi connectivity index (χ2v) is 6.36. The first kappa shape index (κ1) is 17.8. The zero-order chi connectivity index (χ0) is 18.5. The summed E-state index contributed by atoms with van der Waals surface area (Å²) in [4.78, 5) is 29.8. The molecular formula is C18H16FN3O3S. The minimum Gasteiger partial charge on any atom is -0.451 e. The molecule has 0 aliphatic carbocycles. The Kier molecular flexibility index (Phi) is 5.43. The molecule has 3 rings (SSSR count). The third kappa shape index (κ3) is 4.15. The van der Waals surface area contributed by atoms with Crippen molar-refractivity contribution in [1.82, 2.24) is 14.5 Å². The van der Waals surface area contributed by atoms with E-state index in [1.54, 1.807) is 18.4 Å². The molecule has 26 heavy (non-hydrogen) atoms. The van der Waals surface area contributed by atoms with Crippen molar-refractivity contribution in [3.8, 4) is 5.69 Å². The predicted molar refractivity (Wildman–Crippen MR) is 94.6 cm³/mol. The summed E-state index contributed by atoms with van der Waals surface area (Å²) < 4.78 is 19.6. The van der Waals surface area contributed by atoms with E-state index in [-0.39, 0.29) is 24.0 Å². The first-order chi connectivity index (χ1) is 12.5. The van der Waals surface area contributed by atoms with Crippen LogP contribution in [0, 0.1) is 5.82 Å². The number of amides is 1. The molecule has 6 nitrogen and oxygen atoms in total. The van der Waals surface area contributed by atoms with E-state index in [4.69, 9.17) is 4.74 Å². The van der Waals surface area contributed by atoms with Gasteiger partial charge in [0.1, 0.15) is 5.82 Å². The fourth-order valence-electron chi connectivity index (χ4n) is 2.31. The Morgan fingerprint density at radius 1 is 1.27 bits per heavy atom. The molecular weight excluding hydrogens is 357 g/mol. The summed E-state index contributed by atoms with van der Waals surface area (Å²) in [5, 5.41) is 3.89. The fraction of sp³-hybridized carbons (Fsp3) is 0.167. The van der Waals surface area contributed by atoms with Gasteiger partial charge in [0.15, 0.2) is 12.3 Å². The number of hydrogen-bond donors (Lipinski definition) is 0. The number of thiophene rings is 1. The Morgan fingerprint density at radius 3 is 2.73 bits per heavy atom. The number of rotatable bonds is 6. The molecule has 0 fully saturated rings. The molecule has 8 heteroatoms. The molecule has 2 heterocycles. The van der Waals surface area contributed by atoms with E-state index < -0.39 is 5.97 Å². The molecule has 0 atom stereocenters. The van der Waals surface area contributed by atoms with Crippen LogP contribution in [0.25, 0.3) is 5.69 Å². The summed E-state index contributed by atoms with van der Waals surface area (Å²) >= 11 is 1.55. The SMILES string of the molecule is CN(Cc1ccsc1)C(=O)COC(=O)c1cncn1-c1ccc(F)cc1. The lowest BCUT2D eigenvalue weighted by Crippen LogP contribution is -2.30. The lowest BCUT2D eigenvalue weighted by Gasteiger charge is -2.16. The van der Waals surface area contributed by atoms with E-state index in [0.717, 1.165) is 5.56 Å². The third-order valence-corrected chi connectivity index (χ3v) is 4.44. The molecule has 1 aromatic carbocycles. The van der Waals surface area contributed by atoms with Crippen molar-refractivity contribution in [2.24, 2.45) is 0 Å². The number of benzene rings is 1. The van der Waals surface area contributed by atoms with Crippen LogP contribution < -0.4 is 0 Å². The second kappa shape index (κ2) is 7.92. The first-order valence-electron chi connectivity index (χ1n) is 7.75. The molecule has 0 bridgehead atoms. The number of ether oxygens (including phenoxy) is 1. The van der Waals surface area contributed by atoms with Crippen LogP contribution in [0.4, 0.5) is 4.39 Å². The Labute approximate surface area is 153 Å². The maximum atomic E-state index is 13.1. The number of halogens is 1. The highest BCUT2D eigenvalue weighted by atomic mass is 32.1. The third-order valence-electron chi connectivity index (χ3n) is 3.70. The number of nitrogens with zero attached hydrogens (tertiary/aromatic N) is 3. The highest BCUT2D eigenvalue weighted by Gasteiger charge is 2.18. The topological polar surface area (TPSA) is 64.4 Å². The number of imidazole rings is 1. The second-order valence-electron chi connectivity index (χ2n) is 5.58.